The Hall–Kier alpha value is -1.67. The van der Waals surface area contributed by atoms with Crippen LogP contribution in [0.3, 0.4) is 0 Å². The molecule has 0 spiro atoms. The van der Waals surface area contributed by atoms with Gasteiger partial charge in [0.1, 0.15) is 10.7 Å². The Morgan fingerprint density at radius 3 is 2.79 bits per heavy atom. The fourth-order valence-corrected chi connectivity index (χ4v) is 5.95. The Morgan fingerprint density at radius 1 is 1.25 bits per heavy atom. The van der Waals surface area contributed by atoms with Crippen molar-refractivity contribution in [1.82, 2.24) is 24.9 Å². The summed E-state index contributed by atoms with van der Waals surface area (Å²) in [7, 11) is 0. The van der Waals surface area contributed by atoms with Gasteiger partial charge in [0.2, 0.25) is 5.91 Å². The van der Waals surface area contributed by atoms with E-state index in [4.69, 9.17) is 4.98 Å². The summed E-state index contributed by atoms with van der Waals surface area (Å²) in [6.07, 6.45) is 7.11. The minimum absolute atomic E-state index is 0.0178. The normalized spacial score (nSPS) is 17.2. The fourth-order valence-electron chi connectivity index (χ4n) is 3.95. The van der Waals surface area contributed by atoms with Crippen LogP contribution < -0.4 is 5.32 Å². The minimum atomic E-state index is -0.229. The van der Waals surface area contributed by atoms with E-state index in [1.807, 2.05) is 32.1 Å². The molecule has 0 radical (unpaired) electrons. The van der Waals surface area contributed by atoms with Crippen molar-refractivity contribution in [2.75, 3.05) is 5.75 Å². The van der Waals surface area contributed by atoms with E-state index < -0.39 is 0 Å². The number of fused-ring (bicyclic) bond motifs is 5. The van der Waals surface area contributed by atoms with E-state index in [1.165, 1.54) is 53.3 Å². The number of carbonyl (C=O) groups is 1. The zero-order valence-electron chi connectivity index (χ0n) is 16.5. The molecule has 3 heterocycles. The first kappa shape index (κ1) is 18.4. The predicted molar refractivity (Wildman–Crippen MR) is 113 cm³/mol. The molecule has 0 bridgehead atoms. The molecule has 1 saturated carbocycles. The summed E-state index contributed by atoms with van der Waals surface area (Å²) in [5.74, 6) is 1.92. The van der Waals surface area contributed by atoms with E-state index in [2.05, 4.69) is 19.9 Å². The number of thiophene rings is 1. The summed E-state index contributed by atoms with van der Waals surface area (Å²) in [4.78, 5) is 20.0. The molecule has 0 saturated heterocycles. The topological polar surface area (TPSA) is 72.2 Å². The van der Waals surface area contributed by atoms with Gasteiger partial charge in [0.05, 0.1) is 11.1 Å². The number of nitrogens with zero attached hydrogens (tertiary/aromatic N) is 4. The van der Waals surface area contributed by atoms with Crippen LogP contribution in [0, 0.1) is 0 Å². The largest absolute Gasteiger partial charge is 0.351 e. The van der Waals surface area contributed by atoms with Gasteiger partial charge in [-0.15, -0.1) is 21.5 Å². The molecule has 3 aromatic heterocycles. The lowest BCUT2D eigenvalue weighted by molar-refractivity contribution is -0.119. The van der Waals surface area contributed by atoms with Gasteiger partial charge in [0.15, 0.2) is 10.8 Å². The number of rotatable bonds is 4. The molecule has 0 unspecified atom stereocenters. The molecule has 28 heavy (non-hydrogen) atoms. The molecular weight excluding hydrogens is 390 g/mol. The number of nitrogens with one attached hydrogen (secondary N) is 1. The smallest absolute Gasteiger partial charge is 0.230 e. The number of aryl methyl sites for hydroxylation is 2. The molecule has 5 rings (SSSR count). The van der Waals surface area contributed by atoms with Gasteiger partial charge in [-0.25, -0.2) is 4.98 Å². The zero-order chi connectivity index (χ0) is 19.5. The molecule has 0 atom stereocenters. The maximum Gasteiger partial charge on any atom is 0.230 e. The van der Waals surface area contributed by atoms with E-state index in [9.17, 15) is 4.79 Å². The molecule has 2 aliphatic carbocycles. The molecule has 1 fully saturated rings. The molecule has 1 N–H and O–H groups in total. The monoisotopic (exact) mass is 415 g/mol. The average Bonchev–Trinajstić information content (AvgIpc) is 3.28. The summed E-state index contributed by atoms with van der Waals surface area (Å²) in [5, 5.41) is 14.0. The van der Waals surface area contributed by atoms with Crippen molar-refractivity contribution in [3.05, 3.63) is 16.3 Å². The highest BCUT2D eigenvalue weighted by atomic mass is 32.2. The quantitative estimate of drug-likeness (QED) is 0.650. The highest BCUT2D eigenvalue weighted by Gasteiger charge is 2.32. The van der Waals surface area contributed by atoms with E-state index in [0.29, 0.717) is 11.7 Å². The minimum Gasteiger partial charge on any atom is -0.351 e. The summed E-state index contributed by atoms with van der Waals surface area (Å²) >= 11 is 3.30. The van der Waals surface area contributed by atoms with E-state index in [-0.39, 0.29) is 11.4 Å². The zero-order valence-corrected chi connectivity index (χ0v) is 18.2. The lowest BCUT2D eigenvalue weighted by Gasteiger charge is -2.20. The highest BCUT2D eigenvalue weighted by molar-refractivity contribution is 7.99. The van der Waals surface area contributed by atoms with Crippen LogP contribution in [0.1, 0.15) is 68.6 Å². The van der Waals surface area contributed by atoms with Crippen molar-refractivity contribution < 1.29 is 4.79 Å². The third kappa shape index (κ3) is 3.30. The van der Waals surface area contributed by atoms with Gasteiger partial charge < -0.3 is 5.32 Å². The second kappa shape index (κ2) is 6.69. The van der Waals surface area contributed by atoms with Gasteiger partial charge in [0, 0.05) is 16.3 Å². The van der Waals surface area contributed by atoms with Crippen LogP contribution in [0.4, 0.5) is 0 Å². The highest BCUT2D eigenvalue weighted by Crippen LogP contribution is 2.44. The Bertz CT molecular complexity index is 1070. The number of carbonyl (C=O) groups excluding carboxylic acids is 1. The lowest BCUT2D eigenvalue weighted by Crippen LogP contribution is -2.41. The van der Waals surface area contributed by atoms with Crippen molar-refractivity contribution in [3.8, 4) is 0 Å². The van der Waals surface area contributed by atoms with Gasteiger partial charge in [-0.2, -0.15) is 0 Å². The van der Waals surface area contributed by atoms with Crippen LogP contribution in [0.2, 0.25) is 0 Å². The second-order valence-electron chi connectivity index (χ2n) is 8.86. The van der Waals surface area contributed by atoms with Crippen LogP contribution >= 0.6 is 23.1 Å². The first-order chi connectivity index (χ1) is 13.4. The SMILES string of the molecule is CC(C)(C)NC(=O)CSc1nnc2c3c4c(sc3nc(C3CC3)n12)CCCC4. The Labute approximate surface area is 172 Å². The van der Waals surface area contributed by atoms with E-state index in [1.54, 1.807) is 0 Å². The summed E-state index contributed by atoms with van der Waals surface area (Å²) in [6, 6.07) is 0. The van der Waals surface area contributed by atoms with Crippen molar-refractivity contribution in [3.63, 3.8) is 0 Å². The fraction of sp³-hybridized carbons (Fsp3) is 0.600. The molecule has 2 aliphatic rings. The summed E-state index contributed by atoms with van der Waals surface area (Å²) in [5.41, 5.74) is 2.14. The standard InChI is InChI=1S/C20H25N5OS2/c1-20(2,3)22-14(26)10-27-19-24-23-17-15-12-6-4-5-7-13(12)28-18(15)21-16(25(17)19)11-8-9-11/h11H,4-10H2,1-3H3,(H,22,26). The summed E-state index contributed by atoms with van der Waals surface area (Å²) < 4.78 is 2.14. The molecule has 3 aromatic rings. The Kier molecular flexibility index (Phi) is 4.39. The van der Waals surface area contributed by atoms with Gasteiger partial charge in [-0.05, 0) is 64.9 Å². The maximum absolute atomic E-state index is 12.3. The molecule has 8 heteroatoms. The van der Waals surface area contributed by atoms with Crippen LogP contribution in [-0.4, -0.2) is 36.8 Å². The molecule has 148 valence electrons. The van der Waals surface area contributed by atoms with Crippen LogP contribution in [0.15, 0.2) is 5.16 Å². The predicted octanol–water partition coefficient (Wildman–Crippen LogP) is 4.10. The summed E-state index contributed by atoms with van der Waals surface area (Å²) in [6.45, 7) is 5.98. The van der Waals surface area contributed by atoms with Gasteiger partial charge in [-0.1, -0.05) is 11.8 Å². The van der Waals surface area contributed by atoms with Gasteiger partial charge in [0.25, 0.3) is 0 Å². The average molecular weight is 416 g/mol. The van der Waals surface area contributed by atoms with Crippen LogP contribution in [0.5, 0.6) is 0 Å². The van der Waals surface area contributed by atoms with Crippen molar-refractivity contribution >= 4 is 44.9 Å². The first-order valence-electron chi connectivity index (χ1n) is 10.0. The van der Waals surface area contributed by atoms with Gasteiger partial charge >= 0.3 is 0 Å². The van der Waals surface area contributed by atoms with Crippen LogP contribution in [0.25, 0.3) is 15.9 Å². The molecule has 0 aromatic carbocycles. The third-order valence-corrected chi connectivity index (χ3v) is 7.36. The molecule has 0 aliphatic heterocycles. The number of thioether (sulfide) groups is 1. The van der Waals surface area contributed by atoms with Crippen LogP contribution in [-0.2, 0) is 17.6 Å². The number of amides is 1. The molecule has 1 amide bonds. The van der Waals surface area contributed by atoms with Crippen molar-refractivity contribution in [1.29, 1.82) is 0 Å². The Morgan fingerprint density at radius 2 is 2.04 bits per heavy atom. The lowest BCUT2D eigenvalue weighted by atomic mass is 9.97. The Balaban J connectivity index is 1.56. The number of hydrogen-bond donors (Lipinski definition) is 1. The second-order valence-corrected chi connectivity index (χ2v) is 10.9. The van der Waals surface area contributed by atoms with Crippen molar-refractivity contribution in [2.24, 2.45) is 0 Å². The third-order valence-electron chi connectivity index (χ3n) is 5.24. The first-order valence-corrected chi connectivity index (χ1v) is 11.8. The number of aromatic nitrogens is 4. The van der Waals surface area contributed by atoms with Crippen molar-refractivity contribution in [2.45, 2.75) is 75.9 Å². The molecule has 6 nitrogen and oxygen atoms in total. The number of hydrogen-bond acceptors (Lipinski definition) is 6. The van der Waals surface area contributed by atoms with Gasteiger partial charge in [-0.3, -0.25) is 9.20 Å². The maximum atomic E-state index is 12.3. The van der Waals surface area contributed by atoms with E-state index in [0.717, 1.165) is 34.3 Å². The van der Waals surface area contributed by atoms with E-state index >= 15 is 0 Å². The molecular formula is C20H25N5OS2.